The fraction of sp³-hybridized carbons (Fsp3) is 0.500. The Morgan fingerprint density at radius 1 is 1.04 bits per heavy atom. The SMILES string of the molecule is CCCC1=C(C)C(C)=C(C)[C]1(C)[Zr+2][CH]1C(C(C)C)=Cc2ccccc21.[Br-].[Br-]. The molecule has 0 amide bonds. The van der Waals surface area contributed by atoms with Gasteiger partial charge < -0.3 is 34.0 Å². The molecule has 2 aliphatic rings. The van der Waals surface area contributed by atoms with Crippen LogP contribution in [0.5, 0.6) is 0 Å². The van der Waals surface area contributed by atoms with E-state index in [-0.39, 0.29) is 34.0 Å². The fourth-order valence-electron chi connectivity index (χ4n) is 4.66. The molecule has 0 fully saturated rings. The predicted octanol–water partition coefficient (Wildman–Crippen LogP) is 1.52. The topological polar surface area (TPSA) is 0 Å². The van der Waals surface area contributed by atoms with Crippen molar-refractivity contribution in [1.29, 1.82) is 0 Å². The van der Waals surface area contributed by atoms with Crippen molar-refractivity contribution in [1.82, 2.24) is 0 Å². The summed E-state index contributed by atoms with van der Waals surface area (Å²) in [5.41, 5.74) is 11.4. The maximum absolute atomic E-state index is 2.58. The Morgan fingerprint density at radius 2 is 1.67 bits per heavy atom. The summed E-state index contributed by atoms with van der Waals surface area (Å²) in [5.74, 6) is 0.647. The first-order valence-corrected chi connectivity index (χ1v) is 12.4. The van der Waals surface area contributed by atoms with Gasteiger partial charge in [0, 0.05) is 0 Å². The van der Waals surface area contributed by atoms with E-state index < -0.39 is 23.2 Å². The van der Waals surface area contributed by atoms with Crippen molar-refractivity contribution in [3.05, 3.63) is 63.3 Å². The molecule has 146 valence electrons. The summed E-state index contributed by atoms with van der Waals surface area (Å²) in [6.45, 7) is 16.8. The molecule has 0 saturated heterocycles. The van der Waals surface area contributed by atoms with Crippen LogP contribution in [-0.4, -0.2) is 0 Å². The van der Waals surface area contributed by atoms with Crippen molar-refractivity contribution in [2.45, 2.75) is 68.1 Å². The standard InChI is InChI=1S/C12H13.C12H19.2BrH.Zr/c1-9(2)12-7-10-5-3-4-6-11(10)8-12;1-6-7-12-10(4)8(2)9(3)11(12)5;;;/h3-9H,1-2H3;6-7H2,1-5H3;2*1H;/q;;;;+2/p-2. The zero-order chi connectivity index (χ0) is 18.4. The molecule has 3 rings (SSSR count). The third-order valence-corrected chi connectivity index (χ3v) is 11.9. The van der Waals surface area contributed by atoms with Gasteiger partial charge in [0.15, 0.2) is 0 Å². The Labute approximate surface area is 199 Å². The minimum Gasteiger partial charge on any atom is -1.00 e. The summed E-state index contributed by atoms with van der Waals surface area (Å²) in [4.78, 5) is 0. The van der Waals surface area contributed by atoms with Crippen LogP contribution in [0.3, 0.4) is 0 Å². The Morgan fingerprint density at radius 3 is 2.26 bits per heavy atom. The van der Waals surface area contributed by atoms with Crippen molar-refractivity contribution < 1.29 is 57.2 Å². The number of allylic oxidation sites excluding steroid dienone is 5. The first-order chi connectivity index (χ1) is 11.8. The summed E-state index contributed by atoms with van der Waals surface area (Å²) < 4.78 is 1.11. The summed E-state index contributed by atoms with van der Waals surface area (Å²) >= 11 is -0.754. The van der Waals surface area contributed by atoms with Crippen LogP contribution in [0.15, 0.2) is 52.1 Å². The maximum Gasteiger partial charge on any atom is -1.00 e. The average molecular weight is 572 g/mol. The van der Waals surface area contributed by atoms with E-state index in [2.05, 4.69) is 78.8 Å². The van der Waals surface area contributed by atoms with Crippen molar-refractivity contribution in [3.8, 4) is 0 Å². The van der Waals surface area contributed by atoms with E-state index >= 15 is 0 Å². The average Bonchev–Trinajstić information content (AvgIpc) is 3.02. The summed E-state index contributed by atoms with van der Waals surface area (Å²) in [6.07, 6.45) is 5.04. The molecule has 2 atom stereocenters. The zero-order valence-electron chi connectivity index (χ0n) is 17.7. The predicted molar refractivity (Wildman–Crippen MR) is 106 cm³/mol. The van der Waals surface area contributed by atoms with Crippen molar-refractivity contribution in [2.24, 2.45) is 5.92 Å². The molecule has 0 heterocycles. The molecule has 0 N–H and O–H groups in total. The van der Waals surface area contributed by atoms with Gasteiger partial charge in [-0.25, -0.2) is 0 Å². The van der Waals surface area contributed by atoms with Gasteiger partial charge in [0.05, 0.1) is 0 Å². The molecule has 2 aliphatic carbocycles. The third-order valence-electron chi connectivity index (χ3n) is 6.49. The van der Waals surface area contributed by atoms with Gasteiger partial charge in [-0.2, -0.15) is 0 Å². The molecule has 3 heteroatoms. The van der Waals surface area contributed by atoms with Gasteiger partial charge in [-0.05, 0) is 0 Å². The van der Waals surface area contributed by atoms with Gasteiger partial charge in [-0.15, -0.1) is 0 Å². The number of fused-ring (bicyclic) bond motifs is 1. The van der Waals surface area contributed by atoms with E-state index in [1.165, 1.54) is 18.4 Å². The van der Waals surface area contributed by atoms with Gasteiger partial charge in [0.25, 0.3) is 0 Å². The van der Waals surface area contributed by atoms with Crippen LogP contribution in [0, 0.1) is 5.92 Å². The Balaban J connectivity index is 0.00000182. The zero-order valence-corrected chi connectivity index (χ0v) is 23.3. The van der Waals surface area contributed by atoms with Crippen LogP contribution in [0.2, 0.25) is 3.12 Å². The second-order valence-electron chi connectivity index (χ2n) is 8.23. The molecule has 0 spiro atoms. The van der Waals surface area contributed by atoms with E-state index in [0.29, 0.717) is 9.04 Å². The molecular formula is C24H32Br2Zr. The molecule has 0 radical (unpaired) electrons. The van der Waals surface area contributed by atoms with Crippen LogP contribution >= 0.6 is 0 Å². The van der Waals surface area contributed by atoms with Gasteiger partial charge in [0.1, 0.15) is 0 Å². The van der Waals surface area contributed by atoms with Crippen LogP contribution in [0.25, 0.3) is 6.08 Å². The smallest absolute Gasteiger partial charge is 1.00 e. The minimum atomic E-state index is -0.754. The van der Waals surface area contributed by atoms with E-state index in [4.69, 9.17) is 0 Å². The molecular weight excluding hydrogens is 539 g/mol. The first kappa shape index (κ1) is 25.3. The first-order valence-electron chi connectivity index (χ1n) is 9.77. The van der Waals surface area contributed by atoms with E-state index in [1.807, 2.05) is 0 Å². The number of halogens is 2. The summed E-state index contributed by atoms with van der Waals surface area (Å²) in [5, 5.41) is 0. The third kappa shape index (κ3) is 4.41. The summed E-state index contributed by atoms with van der Waals surface area (Å²) in [7, 11) is 0. The van der Waals surface area contributed by atoms with Crippen LogP contribution in [0.4, 0.5) is 0 Å². The molecule has 0 bridgehead atoms. The second kappa shape index (κ2) is 9.86. The number of rotatable bonds is 5. The van der Waals surface area contributed by atoms with Crippen molar-refractivity contribution in [2.75, 3.05) is 0 Å². The summed E-state index contributed by atoms with van der Waals surface area (Å²) in [6, 6.07) is 9.14. The van der Waals surface area contributed by atoms with Crippen LogP contribution in [-0.2, 0) is 23.2 Å². The quantitative estimate of drug-likeness (QED) is 0.503. The number of hydrogen-bond donors (Lipinski definition) is 0. The number of benzene rings is 1. The van der Waals surface area contributed by atoms with Gasteiger partial charge in [-0.3, -0.25) is 0 Å². The van der Waals surface area contributed by atoms with Crippen molar-refractivity contribution in [3.63, 3.8) is 0 Å². The van der Waals surface area contributed by atoms with Crippen molar-refractivity contribution >= 4 is 6.08 Å². The van der Waals surface area contributed by atoms with Crippen LogP contribution < -0.4 is 34.0 Å². The van der Waals surface area contributed by atoms with Gasteiger partial charge in [-0.1, -0.05) is 0 Å². The largest absolute Gasteiger partial charge is 1.00 e. The van der Waals surface area contributed by atoms with Crippen LogP contribution in [0.1, 0.15) is 76.1 Å². The Kier molecular flexibility index (Phi) is 9.24. The normalized spacial score (nSPS) is 23.7. The number of hydrogen-bond acceptors (Lipinski definition) is 0. The minimum absolute atomic E-state index is 0. The Hall–Kier alpha value is 0.283. The molecule has 27 heavy (non-hydrogen) atoms. The fourth-order valence-corrected chi connectivity index (χ4v) is 10.7. The van der Waals surface area contributed by atoms with E-state index in [0.717, 1.165) is 3.63 Å². The molecule has 1 aromatic rings. The molecule has 0 aliphatic heterocycles. The molecule has 0 nitrogen and oxygen atoms in total. The van der Waals surface area contributed by atoms with E-state index in [1.54, 1.807) is 33.4 Å². The molecule has 0 aromatic heterocycles. The Bertz CT molecular complexity index is 785. The molecule has 0 saturated carbocycles. The van der Waals surface area contributed by atoms with Gasteiger partial charge in [0.2, 0.25) is 0 Å². The second-order valence-corrected chi connectivity index (χ2v) is 12.8. The maximum atomic E-state index is 2.58. The van der Waals surface area contributed by atoms with E-state index in [9.17, 15) is 0 Å². The monoisotopic (exact) mass is 568 g/mol. The van der Waals surface area contributed by atoms with Gasteiger partial charge >= 0.3 is 167 Å². The molecule has 1 aromatic carbocycles. The molecule has 2 unspecified atom stereocenters.